The maximum Gasteiger partial charge on any atom is 0.340 e. The average Bonchev–Trinajstić information content (AvgIpc) is 3.15. The maximum absolute atomic E-state index is 13.0. The number of phenols is 2. The number of nitrogens with one attached hydrogen (secondary N) is 2. The summed E-state index contributed by atoms with van der Waals surface area (Å²) in [5.41, 5.74) is 0.453. The third-order valence-electron chi connectivity index (χ3n) is 6.03. The van der Waals surface area contributed by atoms with Gasteiger partial charge in [0.05, 0.1) is 16.8 Å². The molecule has 1 atom stereocenters. The smallest absolute Gasteiger partial charge is 0.340 e. The molecule has 1 unspecified atom stereocenters. The Bertz CT molecular complexity index is 1540. The van der Waals surface area contributed by atoms with Gasteiger partial charge in [-0.05, 0) is 42.3 Å². The molecule has 0 saturated carbocycles. The molecule has 1 spiro atoms. The lowest BCUT2D eigenvalue weighted by Crippen LogP contribution is -2.35. The number of carbonyl (C=O) groups excluding carboxylic acids is 2. The number of ether oxygens (including phenoxy) is 2. The number of rotatable bonds is 3. The van der Waals surface area contributed by atoms with Gasteiger partial charge in [0.2, 0.25) is 0 Å². The van der Waals surface area contributed by atoms with E-state index in [1.807, 2.05) is 30.3 Å². The van der Waals surface area contributed by atoms with E-state index in [4.69, 9.17) is 9.47 Å². The zero-order chi connectivity index (χ0) is 24.9. The number of phenolic OH excluding ortho intramolecular Hbond substituents is 2. The van der Waals surface area contributed by atoms with Gasteiger partial charge in [-0.3, -0.25) is 4.72 Å². The highest BCUT2D eigenvalue weighted by Crippen LogP contribution is 2.59. The van der Waals surface area contributed by atoms with Gasteiger partial charge in [-0.1, -0.05) is 36.4 Å². The number of aromatic hydroxyl groups is 2. The third-order valence-corrected chi connectivity index (χ3v) is 6.82. The molecule has 2 heterocycles. The largest absolute Gasteiger partial charge is 0.508 e. The Labute approximate surface area is 209 Å². The average molecular weight is 499 g/mol. The minimum atomic E-state index is -1.48. The Morgan fingerprint density at radius 1 is 0.833 bits per heavy atom. The van der Waals surface area contributed by atoms with Crippen molar-refractivity contribution in [3.63, 3.8) is 0 Å². The summed E-state index contributed by atoms with van der Waals surface area (Å²) in [5.74, 6) is -0.325. The van der Waals surface area contributed by atoms with Gasteiger partial charge in [0, 0.05) is 34.2 Å². The van der Waals surface area contributed by atoms with Crippen molar-refractivity contribution < 1.29 is 29.3 Å². The number of hydrogen-bond donors (Lipinski definition) is 4. The summed E-state index contributed by atoms with van der Waals surface area (Å²) < 4.78 is 14.8. The summed E-state index contributed by atoms with van der Waals surface area (Å²) in [7, 11) is 0. The molecule has 36 heavy (non-hydrogen) atoms. The highest BCUT2D eigenvalue weighted by Gasteiger charge is 2.55. The topological polar surface area (TPSA) is 117 Å². The second kappa shape index (κ2) is 8.24. The molecular formula is C27H18N2O6S. The summed E-state index contributed by atoms with van der Waals surface area (Å²) in [6.45, 7) is 0. The van der Waals surface area contributed by atoms with E-state index in [2.05, 4.69) is 10.0 Å². The Kier molecular flexibility index (Phi) is 5.01. The van der Waals surface area contributed by atoms with Crippen LogP contribution in [0, 0.1) is 0 Å². The fraction of sp³-hybridized carbons (Fsp3) is 0.0370. The van der Waals surface area contributed by atoms with E-state index in [9.17, 15) is 19.8 Å². The van der Waals surface area contributed by atoms with Gasteiger partial charge in [-0.15, -0.1) is 0 Å². The zero-order valence-electron chi connectivity index (χ0n) is 18.5. The van der Waals surface area contributed by atoms with E-state index in [1.54, 1.807) is 30.3 Å². The molecule has 8 nitrogen and oxygen atoms in total. The number of fused-ring (bicyclic) bond motifs is 6. The first-order valence-corrected chi connectivity index (χ1v) is 11.8. The van der Waals surface area contributed by atoms with Crippen molar-refractivity contribution in [1.82, 2.24) is 4.72 Å². The Morgan fingerprint density at radius 3 is 2.42 bits per heavy atom. The zero-order valence-corrected chi connectivity index (χ0v) is 19.3. The quantitative estimate of drug-likeness (QED) is 0.218. The van der Waals surface area contributed by atoms with Crippen molar-refractivity contribution in [2.45, 2.75) is 10.5 Å². The summed E-state index contributed by atoms with van der Waals surface area (Å²) in [4.78, 5) is 26.7. The van der Waals surface area contributed by atoms with Crippen LogP contribution in [0.25, 0.3) is 0 Å². The molecule has 9 heteroatoms. The third kappa shape index (κ3) is 3.40. The lowest BCUT2D eigenvalue weighted by atomic mass is 9.77. The first kappa shape index (κ1) is 21.9. The highest BCUT2D eigenvalue weighted by atomic mass is 32.2. The highest BCUT2D eigenvalue weighted by molar-refractivity contribution is 7.98. The SMILES string of the molecule is O=C(NSc1ccccc1)Nc1cc(O)cc2c1C1(OC(=O)c3ccccc31)c1ccc(O)cc1O2. The molecule has 178 valence electrons. The monoisotopic (exact) mass is 498 g/mol. The van der Waals surface area contributed by atoms with Crippen LogP contribution in [0.1, 0.15) is 27.0 Å². The molecule has 2 aliphatic rings. The molecule has 4 aromatic carbocycles. The standard InChI is InChI=1S/C27H18N2O6S/c30-15-10-11-20-22(13-15)34-23-14-16(31)12-21(28-26(33)29-36-17-6-2-1-3-7-17)24(23)27(20)19-9-5-4-8-18(19)25(32)35-27/h1-14,30-31H,(H2,28,29,33). The lowest BCUT2D eigenvalue weighted by molar-refractivity contribution is 0.0227. The van der Waals surface area contributed by atoms with E-state index in [0.29, 0.717) is 22.3 Å². The van der Waals surface area contributed by atoms with E-state index >= 15 is 0 Å². The number of esters is 1. The van der Waals surface area contributed by atoms with Gasteiger partial charge >= 0.3 is 12.0 Å². The summed E-state index contributed by atoms with van der Waals surface area (Å²) in [6.07, 6.45) is 0. The molecule has 2 amide bonds. The number of carbonyl (C=O) groups is 2. The van der Waals surface area contributed by atoms with Gasteiger partial charge in [0.15, 0.2) is 5.60 Å². The predicted octanol–water partition coefficient (Wildman–Crippen LogP) is 5.49. The molecule has 6 rings (SSSR count). The van der Waals surface area contributed by atoms with Crippen LogP contribution < -0.4 is 14.8 Å². The molecule has 2 aliphatic heterocycles. The second-order valence-electron chi connectivity index (χ2n) is 8.24. The van der Waals surface area contributed by atoms with E-state index in [-0.39, 0.29) is 28.7 Å². The van der Waals surface area contributed by atoms with Crippen LogP contribution in [-0.4, -0.2) is 22.2 Å². The van der Waals surface area contributed by atoms with Crippen LogP contribution in [0.2, 0.25) is 0 Å². The Hall–Kier alpha value is -4.63. The predicted molar refractivity (Wildman–Crippen MR) is 132 cm³/mol. The van der Waals surface area contributed by atoms with Crippen molar-refractivity contribution in [2.75, 3.05) is 5.32 Å². The molecule has 0 fully saturated rings. The van der Waals surface area contributed by atoms with Crippen LogP contribution in [0.5, 0.6) is 23.0 Å². The summed E-state index contributed by atoms with van der Waals surface area (Å²) >= 11 is 1.12. The molecule has 0 aromatic heterocycles. The first-order chi connectivity index (χ1) is 17.5. The summed E-state index contributed by atoms with van der Waals surface area (Å²) in [6, 6.07) is 22.9. The van der Waals surface area contributed by atoms with Crippen LogP contribution in [0.15, 0.2) is 89.8 Å². The number of hydrogen-bond acceptors (Lipinski definition) is 7. The van der Waals surface area contributed by atoms with Gasteiger partial charge < -0.3 is 25.0 Å². The number of amides is 2. The molecule has 0 bridgehead atoms. The molecular weight excluding hydrogens is 480 g/mol. The van der Waals surface area contributed by atoms with E-state index in [0.717, 1.165) is 16.8 Å². The number of benzene rings is 4. The molecule has 0 aliphatic carbocycles. The fourth-order valence-electron chi connectivity index (χ4n) is 4.63. The Morgan fingerprint density at radius 2 is 1.58 bits per heavy atom. The lowest BCUT2D eigenvalue weighted by Gasteiger charge is -2.37. The van der Waals surface area contributed by atoms with Crippen LogP contribution >= 0.6 is 11.9 Å². The second-order valence-corrected chi connectivity index (χ2v) is 9.12. The molecule has 4 aromatic rings. The van der Waals surface area contributed by atoms with Crippen molar-refractivity contribution >= 4 is 29.6 Å². The van der Waals surface area contributed by atoms with E-state index in [1.165, 1.54) is 24.3 Å². The maximum atomic E-state index is 13.0. The van der Waals surface area contributed by atoms with Gasteiger partial charge in [0.1, 0.15) is 23.0 Å². The van der Waals surface area contributed by atoms with Crippen LogP contribution in [0.3, 0.4) is 0 Å². The van der Waals surface area contributed by atoms with Crippen LogP contribution in [0.4, 0.5) is 10.5 Å². The van der Waals surface area contributed by atoms with Crippen molar-refractivity contribution in [1.29, 1.82) is 0 Å². The van der Waals surface area contributed by atoms with Crippen LogP contribution in [-0.2, 0) is 10.3 Å². The van der Waals surface area contributed by atoms with E-state index < -0.39 is 17.6 Å². The van der Waals surface area contributed by atoms with Gasteiger partial charge in [-0.2, -0.15) is 0 Å². The molecule has 0 saturated heterocycles. The number of urea groups is 1. The van der Waals surface area contributed by atoms with Gasteiger partial charge in [-0.25, -0.2) is 9.59 Å². The fourth-order valence-corrected chi connectivity index (χ4v) is 5.18. The first-order valence-electron chi connectivity index (χ1n) is 11.0. The minimum Gasteiger partial charge on any atom is -0.508 e. The van der Waals surface area contributed by atoms with Gasteiger partial charge in [0.25, 0.3) is 0 Å². The molecule has 4 N–H and O–H groups in total. The van der Waals surface area contributed by atoms with Crippen molar-refractivity contribution in [3.8, 4) is 23.0 Å². The summed E-state index contributed by atoms with van der Waals surface area (Å²) in [5, 5.41) is 23.3. The van der Waals surface area contributed by atoms with Crippen molar-refractivity contribution in [2.24, 2.45) is 0 Å². The molecule has 0 radical (unpaired) electrons. The number of anilines is 1. The normalized spacial score (nSPS) is 16.8. The Balaban J connectivity index is 1.49. The minimum absolute atomic E-state index is 0.0409. The van der Waals surface area contributed by atoms with Crippen molar-refractivity contribution in [3.05, 3.63) is 107 Å².